The normalized spacial score (nSPS) is 17.1. The highest BCUT2D eigenvalue weighted by Gasteiger charge is 2.28. The quantitative estimate of drug-likeness (QED) is 0.751. The molecule has 0 saturated heterocycles. The first-order valence-corrected chi connectivity index (χ1v) is 8.79. The number of hydrogen-bond acceptors (Lipinski definition) is 4. The number of carbonyl (C=O) groups excluding carboxylic acids is 1. The van der Waals surface area contributed by atoms with Crippen molar-refractivity contribution in [2.45, 2.75) is 18.9 Å². The predicted molar refractivity (Wildman–Crippen MR) is 80.0 cm³/mol. The fraction of sp³-hybridized carbons (Fsp3) is 0.462. The number of sulfonamides is 1. The van der Waals surface area contributed by atoms with Crippen molar-refractivity contribution in [1.82, 2.24) is 10.0 Å². The zero-order valence-electron chi connectivity index (χ0n) is 11.6. The van der Waals surface area contributed by atoms with Gasteiger partial charge in [-0.05, 0) is 30.2 Å². The van der Waals surface area contributed by atoms with Crippen molar-refractivity contribution in [1.29, 1.82) is 0 Å². The van der Waals surface area contributed by atoms with Crippen LogP contribution in [0.5, 0.6) is 5.75 Å². The van der Waals surface area contributed by atoms with Crippen LogP contribution in [0.2, 0.25) is 5.02 Å². The number of fused-ring (bicyclic) bond motifs is 1. The smallest absolute Gasteiger partial charge is 0.261 e. The third-order valence-electron chi connectivity index (χ3n) is 3.01. The number of halogens is 1. The van der Waals surface area contributed by atoms with E-state index in [1.807, 2.05) is 0 Å². The van der Waals surface area contributed by atoms with Gasteiger partial charge in [-0.1, -0.05) is 11.6 Å². The van der Waals surface area contributed by atoms with Crippen molar-refractivity contribution in [2.75, 3.05) is 19.3 Å². The van der Waals surface area contributed by atoms with Gasteiger partial charge >= 0.3 is 0 Å². The average Bonchev–Trinajstić information content (AvgIpc) is 2.79. The summed E-state index contributed by atoms with van der Waals surface area (Å²) >= 11 is 5.89. The number of benzene rings is 1. The summed E-state index contributed by atoms with van der Waals surface area (Å²) in [5.74, 6) is 0.472. The first kappa shape index (κ1) is 16.1. The highest BCUT2D eigenvalue weighted by atomic mass is 35.5. The maximum absolute atomic E-state index is 12.0. The molecule has 0 saturated carbocycles. The lowest BCUT2D eigenvalue weighted by Crippen LogP contribution is -2.38. The molecule has 0 bridgehead atoms. The Kier molecular flexibility index (Phi) is 5.08. The van der Waals surface area contributed by atoms with Crippen LogP contribution < -0.4 is 14.8 Å². The van der Waals surface area contributed by atoms with Crippen molar-refractivity contribution in [3.05, 3.63) is 28.8 Å². The molecule has 0 aromatic heterocycles. The molecule has 1 heterocycles. The first-order chi connectivity index (χ1) is 9.85. The second kappa shape index (κ2) is 6.64. The molecule has 21 heavy (non-hydrogen) atoms. The van der Waals surface area contributed by atoms with Gasteiger partial charge < -0.3 is 10.1 Å². The van der Waals surface area contributed by atoms with Crippen LogP contribution in [0, 0.1) is 0 Å². The van der Waals surface area contributed by atoms with Crippen LogP contribution in [-0.4, -0.2) is 39.8 Å². The molecule has 8 heteroatoms. The summed E-state index contributed by atoms with van der Waals surface area (Å²) in [6.07, 6.45) is 1.55. The minimum Gasteiger partial charge on any atom is -0.480 e. The molecule has 1 amide bonds. The summed E-state index contributed by atoms with van der Waals surface area (Å²) in [4.78, 5) is 12.0. The van der Waals surface area contributed by atoms with Gasteiger partial charge in [0.05, 0.1) is 6.26 Å². The van der Waals surface area contributed by atoms with Crippen LogP contribution >= 0.6 is 11.6 Å². The minimum absolute atomic E-state index is 0.207. The maximum atomic E-state index is 12.0. The van der Waals surface area contributed by atoms with Gasteiger partial charge in [0.15, 0.2) is 6.10 Å². The Hall–Kier alpha value is -1.31. The van der Waals surface area contributed by atoms with Crippen molar-refractivity contribution >= 4 is 27.5 Å². The molecule has 1 aliphatic rings. The number of ether oxygens (including phenoxy) is 1. The molecule has 116 valence electrons. The Morgan fingerprint density at radius 2 is 2.19 bits per heavy atom. The molecule has 0 unspecified atom stereocenters. The maximum Gasteiger partial charge on any atom is 0.261 e. The highest BCUT2D eigenvalue weighted by Crippen LogP contribution is 2.30. The standard InChI is InChI=1S/C13H17ClN2O4S/c1-21(18,19)16-6-2-5-15-13(17)12-8-9-7-10(14)3-4-11(9)20-12/h3-4,7,12,16H,2,5-6,8H2,1H3,(H,15,17)/t12-/m1/s1. The van der Waals surface area contributed by atoms with Crippen LogP contribution in [0.25, 0.3) is 0 Å². The zero-order chi connectivity index (χ0) is 15.5. The lowest BCUT2D eigenvalue weighted by atomic mass is 10.1. The van der Waals surface area contributed by atoms with Gasteiger partial charge in [0.25, 0.3) is 5.91 Å². The van der Waals surface area contributed by atoms with Gasteiger partial charge in [-0.15, -0.1) is 0 Å². The molecule has 1 aliphatic heterocycles. The first-order valence-electron chi connectivity index (χ1n) is 6.52. The topological polar surface area (TPSA) is 84.5 Å². The highest BCUT2D eigenvalue weighted by molar-refractivity contribution is 7.88. The molecule has 0 fully saturated rings. The van der Waals surface area contributed by atoms with Crippen LogP contribution in [-0.2, 0) is 21.2 Å². The Morgan fingerprint density at radius 3 is 2.90 bits per heavy atom. The molecular weight excluding hydrogens is 316 g/mol. The van der Waals surface area contributed by atoms with Crippen LogP contribution in [0.1, 0.15) is 12.0 Å². The SMILES string of the molecule is CS(=O)(=O)NCCCNC(=O)[C@H]1Cc2cc(Cl)ccc2O1. The molecule has 2 N–H and O–H groups in total. The fourth-order valence-electron chi connectivity index (χ4n) is 2.03. The molecule has 0 spiro atoms. The van der Waals surface area contributed by atoms with Gasteiger partial charge in [-0.25, -0.2) is 13.1 Å². The molecule has 0 radical (unpaired) electrons. The Bertz CT molecular complexity index is 633. The average molecular weight is 333 g/mol. The van der Waals surface area contributed by atoms with E-state index in [2.05, 4.69) is 10.0 Å². The van der Waals surface area contributed by atoms with Gasteiger partial charge in [0.1, 0.15) is 5.75 Å². The number of hydrogen-bond donors (Lipinski definition) is 2. The number of nitrogens with one attached hydrogen (secondary N) is 2. The largest absolute Gasteiger partial charge is 0.480 e. The van der Waals surface area contributed by atoms with Crippen LogP contribution in [0.3, 0.4) is 0 Å². The van der Waals surface area contributed by atoms with E-state index in [-0.39, 0.29) is 5.91 Å². The molecule has 1 aromatic rings. The third kappa shape index (κ3) is 4.87. The van der Waals surface area contributed by atoms with E-state index in [1.165, 1.54) is 0 Å². The second-order valence-electron chi connectivity index (χ2n) is 4.87. The van der Waals surface area contributed by atoms with Crippen molar-refractivity contribution in [3.63, 3.8) is 0 Å². The molecular formula is C13H17ClN2O4S. The number of rotatable bonds is 6. The second-order valence-corrected chi connectivity index (χ2v) is 7.14. The lowest BCUT2D eigenvalue weighted by molar-refractivity contribution is -0.127. The summed E-state index contributed by atoms with van der Waals surface area (Å²) in [6.45, 7) is 0.679. The number of carbonyl (C=O) groups is 1. The third-order valence-corrected chi connectivity index (χ3v) is 3.97. The van der Waals surface area contributed by atoms with E-state index < -0.39 is 16.1 Å². The van der Waals surface area contributed by atoms with Crippen LogP contribution in [0.4, 0.5) is 0 Å². The van der Waals surface area contributed by atoms with E-state index in [1.54, 1.807) is 18.2 Å². The van der Waals surface area contributed by atoms with Gasteiger partial charge in [-0.3, -0.25) is 4.79 Å². The molecule has 1 aromatic carbocycles. The van der Waals surface area contributed by atoms with Gasteiger partial charge in [0, 0.05) is 24.5 Å². The van der Waals surface area contributed by atoms with Crippen molar-refractivity contribution in [2.24, 2.45) is 0 Å². The number of amides is 1. The summed E-state index contributed by atoms with van der Waals surface area (Å²) in [6, 6.07) is 5.26. The molecule has 6 nitrogen and oxygen atoms in total. The van der Waals surface area contributed by atoms with Gasteiger partial charge in [0.2, 0.25) is 10.0 Å². The summed E-state index contributed by atoms with van der Waals surface area (Å²) < 4.78 is 29.6. The van der Waals surface area contributed by atoms with Crippen molar-refractivity contribution in [3.8, 4) is 5.75 Å². The summed E-state index contributed by atoms with van der Waals surface area (Å²) in [5.41, 5.74) is 0.918. The Labute approximate surface area is 128 Å². The van der Waals surface area contributed by atoms with E-state index in [9.17, 15) is 13.2 Å². The Morgan fingerprint density at radius 1 is 1.43 bits per heavy atom. The summed E-state index contributed by atoms with van der Waals surface area (Å²) in [7, 11) is -3.18. The molecule has 2 rings (SSSR count). The lowest BCUT2D eigenvalue weighted by Gasteiger charge is -2.11. The molecule has 0 aliphatic carbocycles. The molecule has 1 atom stereocenters. The van der Waals surface area contributed by atoms with E-state index in [0.29, 0.717) is 36.7 Å². The Balaban J connectivity index is 1.74. The fourth-order valence-corrected chi connectivity index (χ4v) is 2.74. The zero-order valence-corrected chi connectivity index (χ0v) is 13.1. The van der Waals surface area contributed by atoms with E-state index >= 15 is 0 Å². The van der Waals surface area contributed by atoms with Gasteiger partial charge in [-0.2, -0.15) is 0 Å². The summed E-state index contributed by atoms with van der Waals surface area (Å²) in [5, 5.41) is 3.34. The van der Waals surface area contributed by atoms with Crippen LogP contribution in [0.15, 0.2) is 18.2 Å². The van der Waals surface area contributed by atoms with Crippen molar-refractivity contribution < 1.29 is 17.9 Å². The van der Waals surface area contributed by atoms with E-state index in [4.69, 9.17) is 16.3 Å². The van der Waals surface area contributed by atoms with E-state index in [0.717, 1.165) is 11.8 Å². The predicted octanol–water partition coefficient (Wildman–Crippen LogP) is 0.699. The monoisotopic (exact) mass is 332 g/mol. The minimum atomic E-state index is -3.18.